The summed E-state index contributed by atoms with van der Waals surface area (Å²) in [5.74, 6) is -0.613. The molecule has 4 aromatic rings. The summed E-state index contributed by atoms with van der Waals surface area (Å²) >= 11 is 0. The highest BCUT2D eigenvalue weighted by molar-refractivity contribution is 5.98. The van der Waals surface area contributed by atoms with Crippen molar-refractivity contribution in [2.75, 3.05) is 18.4 Å². The second-order valence-electron chi connectivity index (χ2n) is 11.3. The minimum atomic E-state index is -1.01. The van der Waals surface area contributed by atoms with Gasteiger partial charge in [0.15, 0.2) is 0 Å². The van der Waals surface area contributed by atoms with Crippen molar-refractivity contribution in [3.8, 4) is 11.1 Å². The van der Waals surface area contributed by atoms with E-state index < -0.39 is 18.1 Å². The molecule has 43 heavy (non-hydrogen) atoms. The largest absolute Gasteiger partial charge is 0.481 e. The van der Waals surface area contributed by atoms with E-state index >= 15 is 0 Å². The number of anilines is 1. The molecule has 8 nitrogen and oxygen atoms in total. The van der Waals surface area contributed by atoms with Gasteiger partial charge in [0.1, 0.15) is 11.9 Å². The van der Waals surface area contributed by atoms with Crippen LogP contribution in [0.5, 0.6) is 0 Å². The number of hydrogen-bond donors (Lipinski definition) is 3. The first-order chi connectivity index (χ1) is 20.8. The summed E-state index contributed by atoms with van der Waals surface area (Å²) in [5.41, 5.74) is 5.13. The van der Waals surface area contributed by atoms with E-state index in [1.165, 1.54) is 10.9 Å². The number of nitrogens with zero attached hydrogens (tertiary/aromatic N) is 2. The van der Waals surface area contributed by atoms with Gasteiger partial charge < -0.3 is 20.6 Å². The summed E-state index contributed by atoms with van der Waals surface area (Å²) < 4.78 is 0. The quantitative estimate of drug-likeness (QED) is 0.187. The maximum absolute atomic E-state index is 13.4. The number of aliphatic carboxylic acids is 1. The van der Waals surface area contributed by atoms with Crippen LogP contribution in [-0.4, -0.2) is 51.9 Å². The third-order valence-electron chi connectivity index (χ3n) is 8.13. The Labute approximate surface area is 252 Å². The van der Waals surface area contributed by atoms with Crippen LogP contribution in [0, 0.1) is 13.8 Å². The number of aromatic nitrogens is 1. The fourth-order valence-corrected chi connectivity index (χ4v) is 5.86. The molecule has 0 bridgehead atoms. The summed E-state index contributed by atoms with van der Waals surface area (Å²) in [5, 5.41) is 18.2. The van der Waals surface area contributed by atoms with Gasteiger partial charge in [0, 0.05) is 25.7 Å². The van der Waals surface area contributed by atoms with Crippen LogP contribution in [0.25, 0.3) is 21.9 Å². The zero-order valence-corrected chi connectivity index (χ0v) is 24.7. The lowest BCUT2D eigenvalue weighted by molar-refractivity contribution is -0.140. The summed E-state index contributed by atoms with van der Waals surface area (Å²) in [4.78, 5) is 44.2. The first-order valence-corrected chi connectivity index (χ1v) is 14.9. The molecule has 1 saturated heterocycles. The van der Waals surface area contributed by atoms with Crippen molar-refractivity contribution < 1.29 is 19.5 Å². The number of likely N-dealkylation sites (tertiary alicyclic amines) is 1. The monoisotopic (exact) mass is 578 g/mol. The van der Waals surface area contributed by atoms with E-state index in [0.29, 0.717) is 37.9 Å². The van der Waals surface area contributed by atoms with E-state index in [1.54, 1.807) is 11.1 Å². The molecule has 2 atom stereocenters. The molecule has 2 amide bonds. The first kappa shape index (κ1) is 29.8. The van der Waals surface area contributed by atoms with Gasteiger partial charge in [-0.2, -0.15) is 0 Å². The number of carboxylic acids is 1. The number of hydrogen-bond acceptors (Lipinski definition) is 5. The topological polar surface area (TPSA) is 112 Å². The second kappa shape index (κ2) is 13.5. The summed E-state index contributed by atoms with van der Waals surface area (Å²) in [6, 6.07) is 22.7. The minimum absolute atomic E-state index is 0.0684. The predicted octanol–water partition coefficient (Wildman–Crippen LogP) is 6.03. The molecular weight excluding hydrogens is 540 g/mol. The van der Waals surface area contributed by atoms with Gasteiger partial charge in [0.05, 0.1) is 12.5 Å². The van der Waals surface area contributed by atoms with E-state index in [1.807, 2.05) is 55.5 Å². The molecule has 1 aliphatic heterocycles. The Morgan fingerprint density at radius 3 is 2.51 bits per heavy atom. The molecule has 0 unspecified atom stereocenters. The SMILES string of the molecule is Cc1ccnc(NCCCC(=O)N2CCC[C@@H]2C(=O)N[C@@H](CC(=O)O)c2ccc(-c3ccc(C)c4ccccc34)cc2)c1. The Morgan fingerprint density at radius 1 is 1.00 bits per heavy atom. The molecule has 0 aliphatic carbocycles. The normalized spacial score (nSPS) is 15.3. The molecule has 8 heteroatoms. The zero-order valence-electron chi connectivity index (χ0n) is 24.7. The number of fused-ring (bicyclic) bond motifs is 1. The molecule has 0 radical (unpaired) electrons. The van der Waals surface area contributed by atoms with Gasteiger partial charge in [-0.15, -0.1) is 0 Å². The molecule has 0 saturated carbocycles. The minimum Gasteiger partial charge on any atom is -0.481 e. The Kier molecular flexibility index (Phi) is 9.35. The second-order valence-corrected chi connectivity index (χ2v) is 11.3. The van der Waals surface area contributed by atoms with Crippen LogP contribution >= 0.6 is 0 Å². The molecule has 222 valence electrons. The van der Waals surface area contributed by atoms with E-state index in [0.717, 1.165) is 34.3 Å². The van der Waals surface area contributed by atoms with E-state index in [2.05, 4.69) is 46.8 Å². The van der Waals surface area contributed by atoms with Gasteiger partial charge >= 0.3 is 5.97 Å². The number of amides is 2. The number of rotatable bonds is 11. The Balaban J connectivity index is 1.23. The number of carbonyl (C=O) groups excluding carboxylic acids is 2. The summed E-state index contributed by atoms with van der Waals surface area (Å²) in [6.45, 7) is 5.21. The van der Waals surface area contributed by atoms with Crippen LogP contribution < -0.4 is 10.6 Å². The van der Waals surface area contributed by atoms with Crippen molar-refractivity contribution in [3.63, 3.8) is 0 Å². The average molecular weight is 579 g/mol. The highest BCUT2D eigenvalue weighted by atomic mass is 16.4. The number of carbonyl (C=O) groups is 3. The van der Waals surface area contributed by atoms with Gasteiger partial charge in [-0.25, -0.2) is 4.98 Å². The van der Waals surface area contributed by atoms with Crippen molar-refractivity contribution in [1.82, 2.24) is 15.2 Å². The average Bonchev–Trinajstić information content (AvgIpc) is 3.50. The molecule has 1 aromatic heterocycles. The lowest BCUT2D eigenvalue weighted by Gasteiger charge is -2.26. The predicted molar refractivity (Wildman–Crippen MR) is 169 cm³/mol. The number of carboxylic acid groups (broad SMARTS) is 1. The highest BCUT2D eigenvalue weighted by Gasteiger charge is 2.35. The van der Waals surface area contributed by atoms with Crippen molar-refractivity contribution in [2.24, 2.45) is 0 Å². The Bertz CT molecular complexity index is 1620. The number of pyridine rings is 1. The van der Waals surface area contributed by atoms with Gasteiger partial charge in [0.2, 0.25) is 11.8 Å². The summed E-state index contributed by atoms with van der Waals surface area (Å²) in [6.07, 6.45) is 3.71. The number of aryl methyl sites for hydroxylation is 2. The van der Waals surface area contributed by atoms with E-state index in [4.69, 9.17) is 0 Å². The van der Waals surface area contributed by atoms with Crippen LogP contribution in [0.4, 0.5) is 5.82 Å². The maximum atomic E-state index is 13.4. The number of nitrogens with one attached hydrogen (secondary N) is 2. The highest BCUT2D eigenvalue weighted by Crippen LogP contribution is 2.32. The van der Waals surface area contributed by atoms with Crippen molar-refractivity contribution in [3.05, 3.63) is 95.7 Å². The third-order valence-corrected chi connectivity index (χ3v) is 8.13. The van der Waals surface area contributed by atoms with Gasteiger partial charge in [-0.3, -0.25) is 14.4 Å². The molecule has 2 heterocycles. The third kappa shape index (κ3) is 7.20. The van der Waals surface area contributed by atoms with Crippen LogP contribution in [0.15, 0.2) is 79.0 Å². The Hall–Kier alpha value is -4.72. The van der Waals surface area contributed by atoms with Crippen molar-refractivity contribution in [2.45, 2.75) is 58.0 Å². The molecule has 3 N–H and O–H groups in total. The molecule has 1 fully saturated rings. The van der Waals surface area contributed by atoms with Gasteiger partial charge in [-0.05, 0) is 83.8 Å². The van der Waals surface area contributed by atoms with Crippen LogP contribution in [0.1, 0.15) is 54.8 Å². The summed E-state index contributed by atoms with van der Waals surface area (Å²) in [7, 11) is 0. The van der Waals surface area contributed by atoms with Crippen LogP contribution in [0.3, 0.4) is 0 Å². The fourth-order valence-electron chi connectivity index (χ4n) is 5.86. The maximum Gasteiger partial charge on any atom is 0.305 e. The van der Waals surface area contributed by atoms with Crippen LogP contribution in [0.2, 0.25) is 0 Å². The van der Waals surface area contributed by atoms with E-state index in [-0.39, 0.29) is 18.2 Å². The molecular formula is C35H38N4O4. The zero-order chi connectivity index (χ0) is 30.3. The van der Waals surface area contributed by atoms with Crippen molar-refractivity contribution in [1.29, 1.82) is 0 Å². The van der Waals surface area contributed by atoms with E-state index in [9.17, 15) is 19.5 Å². The molecule has 1 aliphatic rings. The van der Waals surface area contributed by atoms with Crippen LogP contribution in [-0.2, 0) is 14.4 Å². The first-order valence-electron chi connectivity index (χ1n) is 14.9. The lowest BCUT2D eigenvalue weighted by atomic mass is 9.94. The van der Waals surface area contributed by atoms with Crippen molar-refractivity contribution >= 4 is 34.4 Å². The van der Waals surface area contributed by atoms with Gasteiger partial charge in [0.25, 0.3) is 0 Å². The Morgan fingerprint density at radius 2 is 1.77 bits per heavy atom. The molecule has 0 spiro atoms. The molecule has 3 aromatic carbocycles. The fraction of sp³-hybridized carbons (Fsp3) is 0.314. The number of benzene rings is 3. The lowest BCUT2D eigenvalue weighted by Crippen LogP contribution is -2.47. The molecule has 5 rings (SSSR count). The standard InChI is InChI=1S/C35H38N4O4/c1-23-17-19-37-32(21-23)36-18-5-10-33(40)39-20-6-9-31(39)35(43)38-30(22-34(41)42)26-14-12-25(13-15-26)28-16-11-24(2)27-7-3-4-8-29(27)28/h3-4,7-8,11-17,19,21,30-31H,5-6,9-10,18,20,22H2,1-2H3,(H,36,37)(H,38,43)(H,41,42)/t30-,31+/m0/s1. The van der Waals surface area contributed by atoms with Gasteiger partial charge in [-0.1, -0.05) is 60.7 Å². The smallest absolute Gasteiger partial charge is 0.305 e.